The number of likely N-dealkylation sites (N-methyl/N-ethyl adjacent to an activating group) is 1. The van der Waals surface area contributed by atoms with E-state index in [1.807, 2.05) is 36.9 Å². The number of nitrogens with one attached hydrogen (secondary N) is 1. The molecular weight excluding hydrogens is 236 g/mol. The minimum absolute atomic E-state index is 0.143. The molecule has 0 aromatic heterocycles. The van der Waals surface area contributed by atoms with Gasteiger partial charge in [-0.3, -0.25) is 4.79 Å². The molecule has 1 amide bonds. The summed E-state index contributed by atoms with van der Waals surface area (Å²) in [4.78, 5) is 14.0. The maximum atomic E-state index is 12.2. The first-order valence-corrected chi connectivity index (χ1v) is 7.26. The summed E-state index contributed by atoms with van der Waals surface area (Å²) in [6, 6.07) is 8.09. The van der Waals surface area contributed by atoms with Crippen LogP contribution in [0.4, 0.5) is 5.69 Å². The van der Waals surface area contributed by atoms with Crippen molar-refractivity contribution in [3.05, 3.63) is 29.8 Å². The van der Waals surface area contributed by atoms with Crippen LogP contribution in [0.3, 0.4) is 0 Å². The van der Waals surface area contributed by atoms with Crippen molar-refractivity contribution in [1.82, 2.24) is 5.32 Å². The van der Waals surface area contributed by atoms with Gasteiger partial charge in [0.25, 0.3) is 0 Å². The minimum Gasteiger partial charge on any atom is -0.312 e. The summed E-state index contributed by atoms with van der Waals surface area (Å²) in [5.74, 6) is 0.143. The Morgan fingerprint density at radius 3 is 2.68 bits per heavy atom. The quantitative estimate of drug-likeness (QED) is 0.730. The van der Waals surface area contributed by atoms with Gasteiger partial charge in [-0.25, -0.2) is 0 Å². The van der Waals surface area contributed by atoms with E-state index in [2.05, 4.69) is 18.3 Å². The predicted octanol–water partition coefficient (Wildman–Crippen LogP) is 3.13. The number of hydrogen-bond acceptors (Lipinski definition) is 2. The first-order chi connectivity index (χ1) is 9.19. The van der Waals surface area contributed by atoms with E-state index in [0.717, 1.165) is 18.7 Å². The van der Waals surface area contributed by atoms with Crippen LogP contribution in [0.25, 0.3) is 0 Å². The van der Waals surface area contributed by atoms with Gasteiger partial charge < -0.3 is 10.2 Å². The Bertz CT molecular complexity index is 390. The molecule has 3 heteroatoms. The van der Waals surface area contributed by atoms with Crippen LogP contribution in [0.15, 0.2) is 24.3 Å². The maximum Gasteiger partial charge on any atom is 0.240 e. The van der Waals surface area contributed by atoms with Crippen LogP contribution in [0, 0.1) is 6.92 Å². The van der Waals surface area contributed by atoms with E-state index < -0.39 is 0 Å². The van der Waals surface area contributed by atoms with Crippen molar-refractivity contribution < 1.29 is 4.79 Å². The lowest BCUT2D eigenvalue weighted by atomic mass is 10.2. The van der Waals surface area contributed by atoms with Gasteiger partial charge >= 0.3 is 0 Å². The lowest BCUT2D eigenvalue weighted by molar-refractivity contribution is -0.117. The molecule has 0 spiro atoms. The molecular formula is C16H26N2O. The lowest BCUT2D eigenvalue weighted by Crippen LogP contribution is -2.38. The molecule has 0 aliphatic rings. The fourth-order valence-electron chi connectivity index (χ4n) is 2.09. The largest absolute Gasteiger partial charge is 0.312 e. The van der Waals surface area contributed by atoms with E-state index >= 15 is 0 Å². The first kappa shape index (κ1) is 15.7. The molecule has 0 saturated carbocycles. The van der Waals surface area contributed by atoms with Crippen molar-refractivity contribution in [3.63, 3.8) is 0 Å². The highest BCUT2D eigenvalue weighted by atomic mass is 16.2. The van der Waals surface area contributed by atoms with E-state index in [0.29, 0.717) is 13.1 Å². The predicted molar refractivity (Wildman–Crippen MR) is 81.6 cm³/mol. The average Bonchev–Trinajstić information content (AvgIpc) is 2.39. The fourth-order valence-corrected chi connectivity index (χ4v) is 2.09. The number of amides is 1. The van der Waals surface area contributed by atoms with Crippen LogP contribution in [0.1, 0.15) is 38.7 Å². The first-order valence-electron chi connectivity index (χ1n) is 7.26. The summed E-state index contributed by atoms with van der Waals surface area (Å²) in [7, 11) is 0. The van der Waals surface area contributed by atoms with Crippen LogP contribution in [0.2, 0.25) is 0 Å². The topological polar surface area (TPSA) is 32.3 Å². The van der Waals surface area contributed by atoms with Gasteiger partial charge in [-0.15, -0.1) is 0 Å². The Hall–Kier alpha value is -1.35. The second-order valence-corrected chi connectivity index (χ2v) is 4.86. The van der Waals surface area contributed by atoms with Crippen LogP contribution in [-0.4, -0.2) is 25.5 Å². The summed E-state index contributed by atoms with van der Waals surface area (Å²) in [6.45, 7) is 8.29. The molecule has 0 saturated heterocycles. The highest BCUT2D eigenvalue weighted by Gasteiger charge is 2.12. The van der Waals surface area contributed by atoms with E-state index in [-0.39, 0.29) is 5.91 Å². The Kier molecular flexibility index (Phi) is 7.19. The molecule has 19 heavy (non-hydrogen) atoms. The normalized spacial score (nSPS) is 10.5. The van der Waals surface area contributed by atoms with Crippen molar-refractivity contribution in [2.75, 3.05) is 24.5 Å². The van der Waals surface area contributed by atoms with Crippen molar-refractivity contribution in [3.8, 4) is 0 Å². The number of aryl methyl sites for hydroxylation is 1. The van der Waals surface area contributed by atoms with Crippen molar-refractivity contribution in [2.24, 2.45) is 0 Å². The van der Waals surface area contributed by atoms with Gasteiger partial charge in [0.05, 0.1) is 6.54 Å². The SMILES string of the molecule is CCCCCNCC(=O)N(CC)c1cccc(C)c1. The standard InChI is InChI=1S/C16H26N2O/c1-4-6-7-11-17-13-16(19)18(5-2)15-10-8-9-14(3)12-15/h8-10,12,17H,4-7,11,13H2,1-3H3. The monoisotopic (exact) mass is 262 g/mol. The van der Waals surface area contributed by atoms with Crippen LogP contribution in [0.5, 0.6) is 0 Å². The zero-order chi connectivity index (χ0) is 14.1. The Morgan fingerprint density at radius 2 is 2.05 bits per heavy atom. The molecule has 0 heterocycles. The molecule has 106 valence electrons. The number of benzene rings is 1. The molecule has 1 aromatic rings. The number of unbranched alkanes of at least 4 members (excludes halogenated alkanes) is 2. The number of rotatable bonds is 8. The second-order valence-electron chi connectivity index (χ2n) is 4.86. The van der Waals surface area contributed by atoms with Crippen molar-refractivity contribution in [2.45, 2.75) is 40.0 Å². The zero-order valence-corrected chi connectivity index (χ0v) is 12.4. The third-order valence-electron chi connectivity index (χ3n) is 3.16. The third kappa shape index (κ3) is 5.43. The second kappa shape index (κ2) is 8.70. The fraction of sp³-hybridized carbons (Fsp3) is 0.562. The number of carbonyl (C=O) groups excluding carboxylic acids is 1. The summed E-state index contributed by atoms with van der Waals surface area (Å²) < 4.78 is 0. The molecule has 1 aromatic carbocycles. The molecule has 3 nitrogen and oxygen atoms in total. The Labute approximate surface area is 117 Å². The lowest BCUT2D eigenvalue weighted by Gasteiger charge is -2.21. The van der Waals surface area contributed by atoms with E-state index in [1.54, 1.807) is 0 Å². The molecule has 0 unspecified atom stereocenters. The number of hydrogen-bond donors (Lipinski definition) is 1. The molecule has 0 atom stereocenters. The summed E-state index contributed by atoms with van der Waals surface area (Å²) in [5.41, 5.74) is 2.17. The van der Waals surface area contributed by atoms with Crippen LogP contribution in [-0.2, 0) is 4.79 Å². The molecule has 1 N–H and O–H groups in total. The van der Waals surface area contributed by atoms with Gasteiger partial charge in [-0.2, -0.15) is 0 Å². The van der Waals surface area contributed by atoms with E-state index in [9.17, 15) is 4.79 Å². The Balaban J connectivity index is 2.48. The third-order valence-corrected chi connectivity index (χ3v) is 3.16. The van der Waals surface area contributed by atoms with Gasteiger partial charge in [0.2, 0.25) is 5.91 Å². The smallest absolute Gasteiger partial charge is 0.240 e. The van der Waals surface area contributed by atoms with Crippen LogP contribution < -0.4 is 10.2 Å². The number of nitrogens with zero attached hydrogens (tertiary/aromatic N) is 1. The molecule has 0 aliphatic carbocycles. The van der Waals surface area contributed by atoms with Gasteiger partial charge in [0, 0.05) is 12.2 Å². The van der Waals surface area contributed by atoms with Gasteiger partial charge in [-0.05, 0) is 44.5 Å². The number of carbonyl (C=O) groups is 1. The van der Waals surface area contributed by atoms with E-state index in [1.165, 1.54) is 18.4 Å². The molecule has 0 radical (unpaired) electrons. The van der Waals surface area contributed by atoms with Crippen LogP contribution >= 0.6 is 0 Å². The van der Waals surface area contributed by atoms with Gasteiger partial charge in [-0.1, -0.05) is 31.9 Å². The van der Waals surface area contributed by atoms with Crippen molar-refractivity contribution >= 4 is 11.6 Å². The molecule has 1 rings (SSSR count). The molecule has 0 aliphatic heterocycles. The zero-order valence-electron chi connectivity index (χ0n) is 12.4. The average molecular weight is 262 g/mol. The maximum absolute atomic E-state index is 12.2. The highest BCUT2D eigenvalue weighted by Crippen LogP contribution is 2.15. The molecule has 0 fully saturated rings. The van der Waals surface area contributed by atoms with E-state index in [4.69, 9.17) is 0 Å². The van der Waals surface area contributed by atoms with Gasteiger partial charge in [0.1, 0.15) is 0 Å². The summed E-state index contributed by atoms with van der Waals surface area (Å²) >= 11 is 0. The van der Waals surface area contributed by atoms with Gasteiger partial charge in [0.15, 0.2) is 0 Å². The summed E-state index contributed by atoms with van der Waals surface area (Å²) in [6.07, 6.45) is 3.57. The Morgan fingerprint density at radius 1 is 1.26 bits per heavy atom. The molecule has 0 bridgehead atoms. The highest BCUT2D eigenvalue weighted by molar-refractivity contribution is 5.94. The summed E-state index contributed by atoms with van der Waals surface area (Å²) in [5, 5.41) is 3.23. The van der Waals surface area contributed by atoms with Crippen molar-refractivity contribution in [1.29, 1.82) is 0 Å². The minimum atomic E-state index is 0.143. The number of anilines is 1.